The Morgan fingerprint density at radius 2 is 2.27 bits per heavy atom. The molecule has 0 saturated carbocycles. The Morgan fingerprint density at radius 1 is 1.47 bits per heavy atom. The van der Waals surface area contributed by atoms with E-state index in [9.17, 15) is 14.9 Å². The van der Waals surface area contributed by atoms with Crippen molar-refractivity contribution >= 4 is 17.7 Å². The van der Waals surface area contributed by atoms with E-state index >= 15 is 0 Å². The van der Waals surface area contributed by atoms with Gasteiger partial charge < -0.3 is 4.74 Å². The number of nitro groups is 1. The molecule has 1 aromatic carbocycles. The molecule has 0 saturated heterocycles. The quantitative estimate of drug-likeness (QED) is 0.437. The molecule has 0 amide bonds. The van der Waals surface area contributed by atoms with Crippen molar-refractivity contribution in [1.29, 1.82) is 0 Å². The van der Waals surface area contributed by atoms with Gasteiger partial charge in [0.15, 0.2) is 5.78 Å². The number of ether oxygens (including phenoxy) is 1. The first-order valence-electron chi connectivity index (χ1n) is 4.29. The van der Waals surface area contributed by atoms with Gasteiger partial charge in [0.1, 0.15) is 10.1 Å². The predicted molar refractivity (Wildman–Crippen MR) is 53.7 cm³/mol. The molecule has 0 spiro atoms. The van der Waals surface area contributed by atoms with Gasteiger partial charge in [0.2, 0.25) is 0 Å². The summed E-state index contributed by atoms with van der Waals surface area (Å²) < 4.78 is 4.75. The van der Waals surface area contributed by atoms with E-state index in [2.05, 4.69) is 0 Å². The fourth-order valence-electron chi connectivity index (χ4n) is 1.38. The van der Waals surface area contributed by atoms with Gasteiger partial charge >= 0.3 is 0 Å². The van der Waals surface area contributed by atoms with Crippen molar-refractivity contribution in [2.75, 3.05) is 6.61 Å². The van der Waals surface area contributed by atoms with Crippen LogP contribution < -0.4 is 4.74 Å². The Bertz CT molecular complexity index is 432. The van der Waals surface area contributed by atoms with Crippen LogP contribution in [-0.2, 0) is 0 Å². The smallest absolute Gasteiger partial charge is 0.265 e. The number of nitrogens with zero attached hydrogens (tertiary/aromatic N) is 1. The summed E-state index contributed by atoms with van der Waals surface area (Å²) in [4.78, 5) is 22.2. The number of Topliss-reactive ketones (excluding diaryl/α,β-unsaturated/α-hetero) is 1. The van der Waals surface area contributed by atoms with Crippen LogP contribution in [0.5, 0.6) is 5.75 Å². The molecule has 1 aromatic rings. The molecule has 2 rings (SSSR count). The van der Waals surface area contributed by atoms with Crippen LogP contribution in [0, 0.1) is 10.1 Å². The van der Waals surface area contributed by atoms with Crippen molar-refractivity contribution in [3.63, 3.8) is 0 Å². The molecule has 1 aliphatic heterocycles. The molecule has 0 aromatic heterocycles. The maximum absolute atomic E-state index is 11.5. The molecule has 15 heavy (non-hydrogen) atoms. The van der Waals surface area contributed by atoms with Crippen molar-refractivity contribution in [3.05, 3.63) is 33.9 Å². The van der Waals surface area contributed by atoms with E-state index in [-0.39, 0.29) is 5.78 Å². The van der Waals surface area contributed by atoms with E-state index in [0.29, 0.717) is 41.2 Å². The van der Waals surface area contributed by atoms with E-state index in [0.717, 1.165) is 0 Å². The molecule has 0 bridgehead atoms. The zero-order chi connectivity index (χ0) is 10.8. The zero-order valence-electron chi connectivity index (χ0n) is 7.63. The van der Waals surface area contributed by atoms with Gasteiger partial charge in [-0.25, -0.2) is 0 Å². The van der Waals surface area contributed by atoms with Gasteiger partial charge in [-0.1, -0.05) is 0 Å². The topological polar surface area (TPSA) is 69.4 Å². The van der Waals surface area contributed by atoms with Gasteiger partial charge in [-0.3, -0.25) is 14.9 Å². The predicted octanol–water partition coefficient (Wildman–Crippen LogP) is 1.94. The van der Waals surface area contributed by atoms with E-state index < -0.39 is 4.33 Å². The van der Waals surface area contributed by atoms with E-state index in [4.69, 9.17) is 4.74 Å². The molecule has 78 valence electrons. The Hall–Kier alpha value is -1.56. The second-order valence-electron chi connectivity index (χ2n) is 2.99. The lowest BCUT2D eigenvalue weighted by molar-refractivity contribution is -0.284. The Morgan fingerprint density at radius 3 is 3.00 bits per heavy atom. The lowest BCUT2D eigenvalue weighted by Crippen LogP contribution is -2.15. The highest BCUT2D eigenvalue weighted by atomic mass is 32.2. The average molecular weight is 225 g/mol. The molecule has 1 heterocycles. The van der Waals surface area contributed by atoms with Gasteiger partial charge in [0.25, 0.3) is 11.9 Å². The summed E-state index contributed by atoms with van der Waals surface area (Å²) >= 11 is 0.488. The fourth-order valence-corrected chi connectivity index (χ4v) is 1.86. The summed E-state index contributed by atoms with van der Waals surface area (Å²) in [5.41, 5.74) is 0.438. The highest BCUT2D eigenvalue weighted by molar-refractivity contribution is 7.93. The van der Waals surface area contributed by atoms with E-state index in [1.165, 1.54) is 6.07 Å². The third kappa shape index (κ3) is 2.10. The summed E-state index contributed by atoms with van der Waals surface area (Å²) in [6, 6.07) is 4.67. The average Bonchev–Trinajstić information content (AvgIpc) is 2.18. The van der Waals surface area contributed by atoms with Gasteiger partial charge in [-0.2, -0.15) is 0 Å². The van der Waals surface area contributed by atoms with E-state index in [1.54, 1.807) is 12.1 Å². The van der Waals surface area contributed by atoms with Crippen LogP contribution in [0.15, 0.2) is 23.1 Å². The second kappa shape index (κ2) is 3.90. The minimum atomic E-state index is -0.504. The number of rotatable bonds is 2. The first-order chi connectivity index (χ1) is 7.16. The van der Waals surface area contributed by atoms with Crippen molar-refractivity contribution in [3.8, 4) is 5.75 Å². The summed E-state index contributed by atoms with van der Waals surface area (Å²) in [6.07, 6.45) is 0.333. The molecule has 0 atom stereocenters. The molecule has 0 fully saturated rings. The number of carbonyl (C=O) groups is 1. The Balaban J connectivity index is 2.35. The van der Waals surface area contributed by atoms with Crippen molar-refractivity contribution in [2.45, 2.75) is 11.3 Å². The van der Waals surface area contributed by atoms with Crippen molar-refractivity contribution < 1.29 is 13.9 Å². The molecule has 5 nitrogen and oxygen atoms in total. The maximum atomic E-state index is 11.5. The van der Waals surface area contributed by atoms with Crippen LogP contribution in [0.3, 0.4) is 0 Å². The van der Waals surface area contributed by atoms with Gasteiger partial charge in [-0.05, 0) is 18.2 Å². The van der Waals surface area contributed by atoms with Crippen LogP contribution >= 0.6 is 11.9 Å². The number of fused-ring (bicyclic) bond motifs is 1. The first-order valence-corrected chi connectivity index (χ1v) is 5.06. The van der Waals surface area contributed by atoms with Crippen LogP contribution in [0.1, 0.15) is 16.8 Å². The molecule has 0 radical (unpaired) electrons. The van der Waals surface area contributed by atoms with E-state index in [1.807, 2.05) is 0 Å². The molecule has 0 unspecified atom stereocenters. The Labute approximate surface area is 89.7 Å². The number of hydrogen-bond donors (Lipinski definition) is 0. The van der Waals surface area contributed by atoms with Crippen LogP contribution in [0.25, 0.3) is 0 Å². The maximum Gasteiger partial charge on any atom is 0.265 e. The van der Waals surface area contributed by atoms with Crippen molar-refractivity contribution in [1.82, 2.24) is 0 Å². The third-order valence-corrected chi connectivity index (χ3v) is 2.63. The van der Waals surface area contributed by atoms with Gasteiger partial charge in [0.05, 0.1) is 17.1 Å². The molecule has 1 aliphatic rings. The SMILES string of the molecule is O=C1CCOc2ccc(S[N+](=O)[O-])cc21. The summed E-state index contributed by atoms with van der Waals surface area (Å²) in [6.45, 7) is 0.382. The second-order valence-corrected chi connectivity index (χ2v) is 3.95. The first kappa shape index (κ1) is 9.97. The Kier molecular flexibility index (Phi) is 2.59. The lowest BCUT2D eigenvalue weighted by atomic mass is 10.1. The third-order valence-electron chi connectivity index (χ3n) is 2.02. The molecule has 0 N–H and O–H groups in total. The monoisotopic (exact) mass is 225 g/mol. The van der Waals surface area contributed by atoms with Crippen LogP contribution in [0.2, 0.25) is 0 Å². The molecular formula is C9H7NO4S. The number of benzene rings is 1. The summed E-state index contributed by atoms with van der Waals surface area (Å²) in [5, 5.41) is 10.3. The number of carbonyl (C=O) groups excluding carboxylic acids is 1. The minimum absolute atomic E-state index is 0.0259. The minimum Gasteiger partial charge on any atom is -0.492 e. The highest BCUT2D eigenvalue weighted by Crippen LogP contribution is 2.29. The van der Waals surface area contributed by atoms with Gasteiger partial charge in [0, 0.05) is 6.42 Å². The molecular weight excluding hydrogens is 218 g/mol. The fraction of sp³-hybridized carbons (Fsp3) is 0.222. The summed E-state index contributed by atoms with van der Waals surface area (Å²) in [7, 11) is 0. The highest BCUT2D eigenvalue weighted by Gasteiger charge is 2.20. The largest absolute Gasteiger partial charge is 0.492 e. The summed E-state index contributed by atoms with van der Waals surface area (Å²) in [5.74, 6) is 0.487. The number of ketones is 1. The van der Waals surface area contributed by atoms with Crippen LogP contribution in [0.4, 0.5) is 0 Å². The number of hydrogen-bond acceptors (Lipinski definition) is 5. The molecule has 6 heteroatoms. The van der Waals surface area contributed by atoms with Gasteiger partial charge in [-0.15, -0.1) is 0 Å². The zero-order valence-corrected chi connectivity index (χ0v) is 8.45. The molecule has 0 aliphatic carbocycles. The van der Waals surface area contributed by atoms with Crippen LogP contribution in [-0.4, -0.2) is 16.7 Å². The lowest BCUT2D eigenvalue weighted by Gasteiger charge is -2.15. The standard InChI is InChI=1S/C9H7NO4S/c11-8-3-4-14-9-2-1-6(5-7(8)9)15-10(12)13/h1-2,5H,3-4H2. The normalized spacial score (nSPS) is 14.3. The van der Waals surface area contributed by atoms with Crippen molar-refractivity contribution in [2.24, 2.45) is 0 Å².